The number of amides is 1. The molecule has 1 saturated carbocycles. The van der Waals surface area contributed by atoms with Gasteiger partial charge in [0, 0.05) is 24.7 Å². The standard InChI is InChI=1S/C18H24ClFN4O2/c1-18(2,3)26-17(25)23-14-9-12(10-14)5-6-13-11-22-16(19)24-15(13)21-8-4-7-20/h11-12,14H,4,7-10H2,1-3H3,(H,23,25)(H,21,22,24). The van der Waals surface area contributed by atoms with E-state index in [-0.39, 0.29) is 17.2 Å². The van der Waals surface area contributed by atoms with E-state index in [9.17, 15) is 9.18 Å². The first-order valence-corrected chi connectivity index (χ1v) is 8.98. The fourth-order valence-electron chi connectivity index (χ4n) is 2.37. The van der Waals surface area contributed by atoms with Crippen LogP contribution < -0.4 is 10.6 Å². The Balaban J connectivity index is 1.86. The van der Waals surface area contributed by atoms with Gasteiger partial charge in [0.2, 0.25) is 5.28 Å². The molecule has 0 saturated heterocycles. The highest BCUT2D eigenvalue weighted by molar-refractivity contribution is 6.28. The molecule has 1 aromatic rings. The van der Waals surface area contributed by atoms with E-state index in [0.29, 0.717) is 24.3 Å². The van der Waals surface area contributed by atoms with Gasteiger partial charge in [-0.3, -0.25) is 4.39 Å². The molecule has 1 fully saturated rings. The number of halogens is 2. The van der Waals surface area contributed by atoms with E-state index in [2.05, 4.69) is 32.4 Å². The van der Waals surface area contributed by atoms with E-state index in [4.69, 9.17) is 16.3 Å². The first-order chi connectivity index (χ1) is 12.3. The van der Waals surface area contributed by atoms with E-state index in [1.54, 1.807) is 6.20 Å². The van der Waals surface area contributed by atoms with Crippen LogP contribution in [0.25, 0.3) is 0 Å². The van der Waals surface area contributed by atoms with Gasteiger partial charge in [-0.05, 0) is 51.6 Å². The molecule has 0 atom stereocenters. The van der Waals surface area contributed by atoms with Crippen molar-refractivity contribution in [2.75, 3.05) is 18.5 Å². The van der Waals surface area contributed by atoms with Crippen LogP contribution in [0.5, 0.6) is 0 Å². The van der Waals surface area contributed by atoms with Gasteiger partial charge >= 0.3 is 6.09 Å². The molecule has 142 valence electrons. The van der Waals surface area contributed by atoms with E-state index in [1.165, 1.54) is 0 Å². The summed E-state index contributed by atoms with van der Waals surface area (Å²) in [4.78, 5) is 19.8. The number of hydrogen-bond donors (Lipinski definition) is 2. The Morgan fingerprint density at radius 1 is 1.46 bits per heavy atom. The number of alkyl carbamates (subject to hydrolysis) is 1. The number of nitrogens with zero attached hydrogens (tertiary/aromatic N) is 2. The molecule has 26 heavy (non-hydrogen) atoms. The minimum absolute atomic E-state index is 0.0766. The predicted molar refractivity (Wildman–Crippen MR) is 98.9 cm³/mol. The highest BCUT2D eigenvalue weighted by atomic mass is 35.5. The largest absolute Gasteiger partial charge is 0.444 e. The van der Waals surface area contributed by atoms with Crippen molar-refractivity contribution in [3.05, 3.63) is 17.0 Å². The third-order valence-corrected chi connectivity index (χ3v) is 3.81. The van der Waals surface area contributed by atoms with Crippen molar-refractivity contribution in [1.29, 1.82) is 0 Å². The molecule has 1 aliphatic rings. The van der Waals surface area contributed by atoms with E-state index < -0.39 is 18.4 Å². The maximum atomic E-state index is 12.2. The summed E-state index contributed by atoms with van der Waals surface area (Å²) in [6, 6.07) is 0.0766. The molecule has 0 radical (unpaired) electrons. The maximum absolute atomic E-state index is 12.2. The normalized spacial score (nSPS) is 19.0. The zero-order chi connectivity index (χ0) is 19.2. The second-order valence-corrected chi connectivity index (χ2v) is 7.49. The average molecular weight is 383 g/mol. The van der Waals surface area contributed by atoms with Crippen LogP contribution >= 0.6 is 11.6 Å². The topological polar surface area (TPSA) is 76.1 Å². The van der Waals surface area contributed by atoms with Crippen LogP contribution in [0.15, 0.2) is 6.20 Å². The molecule has 1 heterocycles. The molecule has 2 N–H and O–H groups in total. The monoisotopic (exact) mass is 382 g/mol. The highest BCUT2D eigenvalue weighted by Gasteiger charge is 2.30. The number of rotatable bonds is 5. The van der Waals surface area contributed by atoms with Crippen LogP contribution in [0.3, 0.4) is 0 Å². The summed E-state index contributed by atoms with van der Waals surface area (Å²) in [5, 5.41) is 5.97. The zero-order valence-electron chi connectivity index (χ0n) is 15.2. The lowest BCUT2D eigenvalue weighted by Crippen LogP contribution is -2.45. The van der Waals surface area contributed by atoms with Gasteiger partial charge in [-0.25, -0.2) is 9.78 Å². The molecule has 1 aromatic heterocycles. The van der Waals surface area contributed by atoms with E-state index in [0.717, 1.165) is 12.8 Å². The molecule has 8 heteroatoms. The number of alkyl halides is 1. The Bertz CT molecular complexity index is 691. The molecule has 1 aliphatic carbocycles. The van der Waals surface area contributed by atoms with Crippen LogP contribution in [-0.2, 0) is 4.74 Å². The van der Waals surface area contributed by atoms with Gasteiger partial charge in [0.05, 0.1) is 12.2 Å². The molecule has 0 spiro atoms. The molecule has 1 amide bonds. The van der Waals surface area contributed by atoms with Crippen LogP contribution in [0.2, 0.25) is 5.28 Å². The van der Waals surface area contributed by atoms with E-state index >= 15 is 0 Å². The predicted octanol–water partition coefficient (Wildman–Crippen LogP) is 3.56. The molecular weight excluding hydrogens is 359 g/mol. The minimum atomic E-state index is -0.507. The molecule has 0 bridgehead atoms. The summed E-state index contributed by atoms with van der Waals surface area (Å²) in [6.07, 6.45) is 3.07. The fraction of sp³-hybridized carbons (Fsp3) is 0.611. The average Bonchev–Trinajstić information content (AvgIpc) is 2.49. The highest BCUT2D eigenvalue weighted by Crippen LogP contribution is 2.27. The van der Waals surface area contributed by atoms with Gasteiger partial charge in [0.1, 0.15) is 11.4 Å². The quantitative estimate of drug-likeness (QED) is 0.462. The van der Waals surface area contributed by atoms with Crippen molar-refractivity contribution in [2.24, 2.45) is 5.92 Å². The van der Waals surface area contributed by atoms with Crippen LogP contribution in [0.1, 0.15) is 45.6 Å². The van der Waals surface area contributed by atoms with Crippen LogP contribution in [0.4, 0.5) is 15.0 Å². The van der Waals surface area contributed by atoms with Gasteiger partial charge in [-0.15, -0.1) is 0 Å². The molecular formula is C18H24ClFN4O2. The van der Waals surface area contributed by atoms with Crippen molar-refractivity contribution >= 4 is 23.5 Å². The number of carbonyl (C=O) groups is 1. The van der Waals surface area contributed by atoms with Crippen molar-refractivity contribution in [3.63, 3.8) is 0 Å². The van der Waals surface area contributed by atoms with Gasteiger partial charge < -0.3 is 15.4 Å². The second kappa shape index (κ2) is 9.04. The van der Waals surface area contributed by atoms with Crippen molar-refractivity contribution < 1.29 is 13.9 Å². The van der Waals surface area contributed by atoms with Crippen molar-refractivity contribution in [2.45, 2.75) is 51.7 Å². The summed E-state index contributed by atoms with van der Waals surface area (Å²) < 4.78 is 17.5. The summed E-state index contributed by atoms with van der Waals surface area (Å²) in [5.41, 5.74) is 0.115. The summed E-state index contributed by atoms with van der Waals surface area (Å²) in [7, 11) is 0. The van der Waals surface area contributed by atoms with Crippen molar-refractivity contribution in [1.82, 2.24) is 15.3 Å². The molecule has 2 rings (SSSR count). The molecule has 0 unspecified atom stereocenters. The molecule has 6 nitrogen and oxygen atoms in total. The van der Waals surface area contributed by atoms with E-state index in [1.807, 2.05) is 20.8 Å². The number of hydrogen-bond acceptors (Lipinski definition) is 5. The first-order valence-electron chi connectivity index (χ1n) is 8.60. The Hall–Kier alpha value is -2.07. The molecule has 0 aliphatic heterocycles. The number of aromatic nitrogens is 2. The van der Waals surface area contributed by atoms with Gasteiger partial charge in [-0.1, -0.05) is 11.8 Å². The van der Waals surface area contributed by atoms with Crippen LogP contribution in [-0.4, -0.2) is 40.9 Å². The summed E-state index contributed by atoms with van der Waals surface area (Å²) >= 11 is 5.81. The first kappa shape index (κ1) is 20.2. The third-order valence-electron chi connectivity index (χ3n) is 3.63. The fourth-order valence-corrected chi connectivity index (χ4v) is 2.50. The minimum Gasteiger partial charge on any atom is -0.444 e. The SMILES string of the molecule is CC(C)(C)OC(=O)NC1CC(C#Cc2cnc(Cl)nc2NCCCF)C1. The zero-order valence-corrected chi connectivity index (χ0v) is 16.0. The van der Waals surface area contributed by atoms with Gasteiger partial charge in [-0.2, -0.15) is 4.98 Å². The smallest absolute Gasteiger partial charge is 0.407 e. The molecule has 0 aromatic carbocycles. The Kier molecular flexibility index (Phi) is 7.04. The number of ether oxygens (including phenoxy) is 1. The number of carbonyl (C=O) groups excluding carboxylic acids is 1. The lowest BCUT2D eigenvalue weighted by molar-refractivity contribution is 0.0467. The van der Waals surface area contributed by atoms with Crippen molar-refractivity contribution in [3.8, 4) is 11.8 Å². The second-order valence-electron chi connectivity index (χ2n) is 7.15. The summed E-state index contributed by atoms with van der Waals surface area (Å²) in [6.45, 7) is 5.53. The van der Waals surface area contributed by atoms with Gasteiger partial charge in [0.15, 0.2) is 0 Å². The maximum Gasteiger partial charge on any atom is 0.407 e. The Morgan fingerprint density at radius 2 is 2.19 bits per heavy atom. The number of anilines is 1. The lowest BCUT2D eigenvalue weighted by Gasteiger charge is -2.33. The van der Waals surface area contributed by atoms with Crippen LogP contribution in [0, 0.1) is 17.8 Å². The van der Waals surface area contributed by atoms with Gasteiger partial charge in [0.25, 0.3) is 0 Å². The number of nitrogens with one attached hydrogen (secondary N) is 2. The summed E-state index contributed by atoms with van der Waals surface area (Å²) in [5.74, 6) is 6.90. The Morgan fingerprint density at radius 3 is 2.85 bits per heavy atom. The Labute approximate surface area is 158 Å². The lowest BCUT2D eigenvalue weighted by atomic mass is 9.81. The third kappa shape index (κ3) is 6.68.